The summed E-state index contributed by atoms with van der Waals surface area (Å²) in [6.07, 6.45) is 2.41. The van der Waals surface area contributed by atoms with Gasteiger partial charge in [-0.1, -0.05) is 12.1 Å². The number of benzene rings is 1. The molecule has 2 rings (SSSR count). The monoisotopic (exact) mass is 404 g/mol. The van der Waals surface area contributed by atoms with E-state index >= 15 is 0 Å². The van der Waals surface area contributed by atoms with Crippen LogP contribution in [0.25, 0.3) is 0 Å². The van der Waals surface area contributed by atoms with Gasteiger partial charge in [0.15, 0.2) is 5.96 Å². The van der Waals surface area contributed by atoms with Gasteiger partial charge in [0.05, 0.1) is 12.6 Å². The standard InChI is InChI=1S/C14H20N4O2.HI/c15-13(19)11-5-3-10(4-6-11)8-17-14(16)18-9-12-2-1-7-20-12;/h3-6,12H,1-2,7-9H2,(H2,15,19)(H3,16,17,18);1H. The molecule has 21 heavy (non-hydrogen) atoms. The molecular weight excluding hydrogens is 383 g/mol. The number of carbonyl (C=O) groups excluding carboxylic acids is 1. The van der Waals surface area contributed by atoms with Crippen LogP contribution in [0.1, 0.15) is 28.8 Å². The minimum absolute atomic E-state index is 0. The third-order valence-electron chi connectivity index (χ3n) is 3.21. The highest BCUT2D eigenvalue weighted by molar-refractivity contribution is 14.0. The molecule has 1 aromatic carbocycles. The quantitative estimate of drug-likeness (QED) is 0.387. The molecule has 0 aliphatic carbocycles. The van der Waals surface area contributed by atoms with Crippen molar-refractivity contribution in [3.05, 3.63) is 35.4 Å². The summed E-state index contributed by atoms with van der Waals surface area (Å²) >= 11 is 0. The van der Waals surface area contributed by atoms with Crippen LogP contribution in [0.15, 0.2) is 29.3 Å². The van der Waals surface area contributed by atoms with E-state index in [2.05, 4.69) is 10.3 Å². The summed E-state index contributed by atoms with van der Waals surface area (Å²) < 4.78 is 5.48. The van der Waals surface area contributed by atoms with E-state index in [0.29, 0.717) is 24.6 Å². The van der Waals surface area contributed by atoms with Crippen LogP contribution in [0.2, 0.25) is 0 Å². The van der Waals surface area contributed by atoms with Gasteiger partial charge in [0.2, 0.25) is 5.91 Å². The lowest BCUT2D eigenvalue weighted by Gasteiger charge is -2.11. The highest BCUT2D eigenvalue weighted by Gasteiger charge is 2.14. The van der Waals surface area contributed by atoms with Crippen LogP contribution >= 0.6 is 24.0 Å². The van der Waals surface area contributed by atoms with Crippen LogP contribution in [0, 0.1) is 0 Å². The van der Waals surface area contributed by atoms with Gasteiger partial charge in [0.25, 0.3) is 0 Å². The third kappa shape index (κ3) is 5.88. The van der Waals surface area contributed by atoms with E-state index in [0.717, 1.165) is 25.0 Å². The Bertz CT molecular complexity index is 484. The van der Waals surface area contributed by atoms with Crippen molar-refractivity contribution in [1.82, 2.24) is 5.32 Å². The van der Waals surface area contributed by atoms with Crippen LogP contribution in [-0.4, -0.2) is 31.1 Å². The smallest absolute Gasteiger partial charge is 0.248 e. The average Bonchev–Trinajstić information content (AvgIpc) is 2.96. The molecule has 1 amide bonds. The molecule has 5 N–H and O–H groups in total. The fourth-order valence-corrected chi connectivity index (χ4v) is 2.03. The zero-order chi connectivity index (χ0) is 14.4. The van der Waals surface area contributed by atoms with E-state index in [9.17, 15) is 4.79 Å². The number of nitrogens with one attached hydrogen (secondary N) is 1. The van der Waals surface area contributed by atoms with Crippen molar-refractivity contribution < 1.29 is 9.53 Å². The van der Waals surface area contributed by atoms with Crippen molar-refractivity contribution in [1.29, 1.82) is 0 Å². The lowest BCUT2D eigenvalue weighted by molar-refractivity contribution is 0.1000. The molecule has 0 spiro atoms. The Morgan fingerprint density at radius 2 is 2.05 bits per heavy atom. The molecule has 1 aromatic rings. The number of aliphatic imine (C=N–C) groups is 1. The molecule has 0 radical (unpaired) electrons. The number of nitrogens with two attached hydrogens (primary N) is 2. The van der Waals surface area contributed by atoms with Gasteiger partial charge in [-0.2, -0.15) is 0 Å². The Kier molecular flexibility index (Phi) is 7.44. The van der Waals surface area contributed by atoms with Gasteiger partial charge in [-0.25, -0.2) is 4.99 Å². The van der Waals surface area contributed by atoms with Crippen LogP contribution in [0.4, 0.5) is 0 Å². The first-order valence-electron chi connectivity index (χ1n) is 6.69. The number of guanidine groups is 1. The maximum Gasteiger partial charge on any atom is 0.248 e. The number of primary amides is 1. The van der Waals surface area contributed by atoms with E-state index in [1.165, 1.54) is 0 Å². The van der Waals surface area contributed by atoms with Crippen LogP contribution in [0.3, 0.4) is 0 Å². The van der Waals surface area contributed by atoms with Crippen LogP contribution < -0.4 is 16.8 Å². The van der Waals surface area contributed by atoms with E-state index < -0.39 is 5.91 Å². The molecule has 1 fully saturated rings. The zero-order valence-electron chi connectivity index (χ0n) is 11.7. The Labute approximate surface area is 141 Å². The molecule has 6 nitrogen and oxygen atoms in total. The second kappa shape index (κ2) is 8.83. The number of hydrogen-bond donors (Lipinski definition) is 3. The first-order chi connectivity index (χ1) is 9.65. The minimum atomic E-state index is -0.433. The number of carbonyl (C=O) groups is 1. The number of hydrogen-bond acceptors (Lipinski definition) is 3. The largest absolute Gasteiger partial charge is 0.376 e. The van der Waals surface area contributed by atoms with Crippen molar-refractivity contribution >= 4 is 35.8 Å². The third-order valence-corrected chi connectivity index (χ3v) is 3.21. The molecule has 1 aliphatic rings. The van der Waals surface area contributed by atoms with Gasteiger partial charge >= 0.3 is 0 Å². The topological polar surface area (TPSA) is 103 Å². The second-order valence-electron chi connectivity index (χ2n) is 4.78. The molecular formula is C14H21IN4O2. The van der Waals surface area contributed by atoms with Crippen molar-refractivity contribution in [2.45, 2.75) is 25.5 Å². The Hall–Kier alpha value is -1.35. The lowest BCUT2D eigenvalue weighted by Crippen LogP contribution is -2.37. The van der Waals surface area contributed by atoms with Gasteiger partial charge in [-0.15, -0.1) is 24.0 Å². The summed E-state index contributed by atoms with van der Waals surface area (Å²) in [6.45, 7) is 1.98. The number of ether oxygens (including phenoxy) is 1. The van der Waals surface area contributed by atoms with Crippen LogP contribution in [-0.2, 0) is 11.3 Å². The Balaban J connectivity index is 0.00000220. The summed E-state index contributed by atoms with van der Waals surface area (Å²) in [7, 11) is 0. The van der Waals surface area contributed by atoms with Gasteiger partial charge in [-0.05, 0) is 30.5 Å². The van der Waals surface area contributed by atoms with E-state index in [4.69, 9.17) is 16.2 Å². The molecule has 116 valence electrons. The van der Waals surface area contributed by atoms with Crippen molar-refractivity contribution in [2.24, 2.45) is 16.5 Å². The highest BCUT2D eigenvalue weighted by Crippen LogP contribution is 2.10. The number of amides is 1. The molecule has 1 aliphatic heterocycles. The number of nitrogens with zero attached hydrogens (tertiary/aromatic N) is 1. The molecule has 1 unspecified atom stereocenters. The molecule has 7 heteroatoms. The average molecular weight is 404 g/mol. The van der Waals surface area contributed by atoms with Crippen molar-refractivity contribution in [3.63, 3.8) is 0 Å². The van der Waals surface area contributed by atoms with E-state index in [1.54, 1.807) is 12.1 Å². The highest BCUT2D eigenvalue weighted by atomic mass is 127. The lowest BCUT2D eigenvalue weighted by atomic mass is 10.1. The Morgan fingerprint density at radius 3 is 2.62 bits per heavy atom. The SMILES string of the molecule is I.NC(=O)c1ccc(CN=C(N)NCC2CCCO2)cc1. The second-order valence-corrected chi connectivity index (χ2v) is 4.78. The normalized spacial score (nSPS) is 18.1. The first kappa shape index (κ1) is 17.7. The molecule has 0 saturated carbocycles. The van der Waals surface area contributed by atoms with Gasteiger partial charge in [-0.3, -0.25) is 4.79 Å². The maximum atomic E-state index is 10.9. The summed E-state index contributed by atoms with van der Waals surface area (Å²) in [5, 5.41) is 3.05. The minimum Gasteiger partial charge on any atom is -0.376 e. The summed E-state index contributed by atoms with van der Waals surface area (Å²) in [5.41, 5.74) is 12.4. The summed E-state index contributed by atoms with van der Waals surface area (Å²) in [4.78, 5) is 15.2. The molecule has 0 aromatic heterocycles. The Morgan fingerprint density at radius 1 is 1.33 bits per heavy atom. The summed E-state index contributed by atoms with van der Waals surface area (Å²) in [5.74, 6) is -0.0303. The predicted molar refractivity (Wildman–Crippen MR) is 92.7 cm³/mol. The van der Waals surface area contributed by atoms with Crippen LogP contribution in [0.5, 0.6) is 0 Å². The van der Waals surface area contributed by atoms with E-state index in [1.807, 2.05) is 12.1 Å². The van der Waals surface area contributed by atoms with Crippen molar-refractivity contribution in [3.8, 4) is 0 Å². The molecule has 0 bridgehead atoms. The van der Waals surface area contributed by atoms with E-state index in [-0.39, 0.29) is 30.1 Å². The van der Waals surface area contributed by atoms with Gasteiger partial charge in [0, 0.05) is 18.7 Å². The fourth-order valence-electron chi connectivity index (χ4n) is 2.03. The maximum absolute atomic E-state index is 10.9. The van der Waals surface area contributed by atoms with Gasteiger partial charge in [0.1, 0.15) is 0 Å². The first-order valence-corrected chi connectivity index (χ1v) is 6.69. The molecule has 1 heterocycles. The zero-order valence-corrected chi connectivity index (χ0v) is 14.1. The molecule has 1 atom stereocenters. The predicted octanol–water partition coefficient (Wildman–Crippen LogP) is 0.987. The van der Waals surface area contributed by atoms with Crippen molar-refractivity contribution in [2.75, 3.05) is 13.2 Å². The van der Waals surface area contributed by atoms with Gasteiger partial charge < -0.3 is 21.5 Å². The fraction of sp³-hybridized carbons (Fsp3) is 0.429. The number of rotatable bonds is 5. The molecule has 1 saturated heterocycles. The number of halogens is 1. The summed E-state index contributed by atoms with van der Waals surface area (Å²) in [6, 6.07) is 7.00.